The lowest BCUT2D eigenvalue weighted by Gasteiger charge is -2.34. The Morgan fingerprint density at radius 1 is 0.561 bits per heavy atom. The fourth-order valence-electron chi connectivity index (χ4n) is 15.3. The normalized spacial score (nSPS) is 22.1. The van der Waals surface area contributed by atoms with Crippen molar-refractivity contribution in [2.75, 3.05) is 13.1 Å². The summed E-state index contributed by atoms with van der Waals surface area (Å²) in [6, 6.07) is -1.23. The summed E-state index contributed by atoms with van der Waals surface area (Å²) in [6.07, 6.45) is 2.77. The first kappa shape index (κ1) is 117. The quantitative estimate of drug-likeness (QED) is 0.0170. The zero-order valence-corrected chi connectivity index (χ0v) is 82.5. The highest BCUT2D eigenvalue weighted by atomic mass is 35.5. The summed E-state index contributed by atoms with van der Waals surface area (Å²) < 4.78 is 0. The highest BCUT2D eigenvalue weighted by Crippen LogP contribution is 2.27. The number of allylic oxidation sites excluding steroid dienone is 2. The van der Waals surface area contributed by atoms with E-state index in [4.69, 9.17) is 23.1 Å². The van der Waals surface area contributed by atoms with Crippen LogP contribution in [0.3, 0.4) is 0 Å². The number of phenols is 1. The highest BCUT2D eigenvalue weighted by Gasteiger charge is 2.45. The minimum absolute atomic E-state index is 0.00499. The maximum atomic E-state index is 15.6. The lowest BCUT2D eigenvalue weighted by Crippen LogP contribution is -2.66. The summed E-state index contributed by atoms with van der Waals surface area (Å²) in [5.74, 6) is -22.5. The number of aromatic nitrogens is 1. The van der Waals surface area contributed by atoms with Gasteiger partial charge in [0.05, 0.1) is 54.3 Å². The minimum atomic E-state index is -1.99. The van der Waals surface area contributed by atoms with E-state index in [-0.39, 0.29) is 82.0 Å². The number of carbonyl (C=O) groups is 20. The number of carbonyl (C=O) groups excluding carboxylic acids is 19. The molecule has 42 heteroatoms. The van der Waals surface area contributed by atoms with Crippen molar-refractivity contribution in [2.45, 2.75) is 315 Å². The molecule has 41 nitrogen and oxygen atoms in total. The molecule has 0 spiro atoms. The molecule has 3 aromatic carbocycles. The van der Waals surface area contributed by atoms with E-state index in [1.165, 1.54) is 100 Å². The number of aromatic hydroxyl groups is 1. The topological polar surface area (TPSA) is 650 Å². The molecule has 11 amide bonds. The van der Waals surface area contributed by atoms with Crippen molar-refractivity contribution in [3.05, 3.63) is 113 Å². The van der Waals surface area contributed by atoms with E-state index in [1.807, 2.05) is 12.2 Å². The SMILES string of the molecule is CC(=O)N[C@@H](CC(C)C)C(=O)N[C@H](C(=O)C(=O)[C@H](Cc1ccccc1)NN[C@]1(C)CCCCCC/C=C/CCC[C@@](C)(C(=O)NC(C)C(=O)N[C@@H](C)C(=O)NC(C)C(=O)N[C@@H](C)C(=O)C(=O)[C@H](C)NC[C@H](C)C(N)=O)NC(=O)[C@H](CC(C)C)CN[C@@H](CCC(N)=O)C(=O)C(=O)C(C)NC(=O)[C@H](Cc2c[nH]c3cc(Cl)ccc23)NN[C@@H](Cc2ccc(O)cc2)C(=O)C(=O)[C@H](CCC(=O)O)NC1=O)[C@@H](C)O. The standard InChI is InChI=1S/C97H141ClN18O23/c1-51(2)42-65-50-102-69(36-38-76(99)120)82(126)81(125)56(8)105-93(137)75(46-64-49-103-71-47-66(98)32-35-68(64)71)114-113-72(45-63-30-33-67(119)34-31-63)84(128)83(127)70(37-39-77(121)122)110-95(139)97(15,116-115-73(44-62-28-24-23-25-29-62)85(129)86(130)78(60(12)117)111-92(136)74(43-52(3)4)109-61(13)118)41-27-22-20-18-16-17-19-21-26-40-96(14,112-91(65)135)94(138)108-59(11)90(134)107-58(10)89(133)106-57(9)88(132)104-55(7)80(124)79(123)54(6)101-48-53(5)87(100)131/h17,19,23-25,28-35,47,49,51-60,65,69-70,72-75,78,101-103,113-117,119H,16,18,20-22,26-27,36-46,48,50H2,1-15H3,(H2,99,120)(H2,100,131)(H,104,132)(H,105,137)(H,106,133)(H,107,134)(H,108,138)(H,109,118)(H,110,139)(H,111,136)(H,112,135)(H,121,122)/b19-17+/t53-,54-,55-,56?,57?,58-,59?,60+,65+,69-,70-,72-,73-,74-,75-,78-,96-,97+/m0/s1. The number of aliphatic carboxylic acids is 1. The maximum absolute atomic E-state index is 15.6. The molecule has 4 aromatic rings. The number of phenolic OH excluding ortho intramolecular Hbond substituents is 1. The Kier molecular flexibility index (Phi) is 47.8. The van der Waals surface area contributed by atoms with Crippen molar-refractivity contribution in [1.82, 2.24) is 85.2 Å². The summed E-state index contributed by atoms with van der Waals surface area (Å²) in [4.78, 5) is 283. The van der Waals surface area contributed by atoms with Gasteiger partial charge in [-0.2, -0.15) is 0 Å². The van der Waals surface area contributed by atoms with Gasteiger partial charge < -0.3 is 90.3 Å². The third-order valence-corrected chi connectivity index (χ3v) is 24.2. The predicted octanol–water partition coefficient (Wildman–Crippen LogP) is 1.39. The third kappa shape index (κ3) is 38.5. The zero-order valence-electron chi connectivity index (χ0n) is 81.7. The zero-order chi connectivity index (χ0) is 104. The molecule has 18 atom stereocenters. The molecule has 0 bridgehead atoms. The Morgan fingerprint density at radius 3 is 1.73 bits per heavy atom. The van der Waals surface area contributed by atoms with Crippen LogP contribution in [0, 0.1) is 23.7 Å². The van der Waals surface area contributed by atoms with Crippen molar-refractivity contribution in [3.63, 3.8) is 0 Å². The van der Waals surface area contributed by atoms with Crippen LogP contribution in [0.4, 0.5) is 0 Å². The molecular formula is C97H141ClN18O23. The third-order valence-electron chi connectivity index (χ3n) is 23.9. The van der Waals surface area contributed by atoms with Crippen LogP contribution in [0.5, 0.6) is 5.75 Å². The number of hydrogen-bond acceptors (Lipinski definition) is 28. The number of rotatable bonds is 41. The van der Waals surface area contributed by atoms with E-state index < -0.39 is 257 Å². The molecule has 3 unspecified atom stereocenters. The number of carboxylic acid groups (broad SMARTS) is 1. The van der Waals surface area contributed by atoms with E-state index in [0.717, 1.165) is 0 Å². The smallest absolute Gasteiger partial charge is 0.303 e. The number of aromatic amines is 1. The number of benzene rings is 3. The van der Waals surface area contributed by atoms with Gasteiger partial charge in [-0.1, -0.05) is 126 Å². The summed E-state index contributed by atoms with van der Waals surface area (Å²) in [6.45, 7) is 21.2. The number of carboxylic acids is 1. The van der Waals surface area contributed by atoms with Gasteiger partial charge in [-0.3, -0.25) is 95.9 Å². The van der Waals surface area contributed by atoms with Crippen LogP contribution < -0.4 is 91.7 Å². The molecule has 0 aliphatic carbocycles. The molecule has 2 heterocycles. The summed E-state index contributed by atoms with van der Waals surface area (Å²) in [5, 5.41) is 61.4. The highest BCUT2D eigenvalue weighted by molar-refractivity contribution is 6.43. The van der Waals surface area contributed by atoms with E-state index in [9.17, 15) is 87.2 Å². The van der Waals surface area contributed by atoms with Gasteiger partial charge in [-0.15, -0.1) is 0 Å². The largest absolute Gasteiger partial charge is 0.508 e. The lowest BCUT2D eigenvalue weighted by molar-refractivity contribution is -0.143. The van der Waals surface area contributed by atoms with E-state index in [1.54, 1.807) is 82.4 Å². The number of ketones is 8. The molecule has 1 aliphatic heterocycles. The van der Waals surface area contributed by atoms with Crippen LogP contribution in [0.1, 0.15) is 217 Å². The Labute approximate surface area is 814 Å². The Hall–Kier alpha value is -12.3. The number of fused-ring (bicyclic) bond motifs is 1. The van der Waals surface area contributed by atoms with Gasteiger partial charge in [-0.25, -0.2) is 21.7 Å². The second-order valence-electron chi connectivity index (χ2n) is 37.3. The number of nitrogens with two attached hydrogens (primary N) is 2. The Bertz CT molecular complexity index is 5030. The van der Waals surface area contributed by atoms with Crippen LogP contribution in [-0.2, 0) is 115 Å². The number of H-pyrrole nitrogens is 1. The number of primary amides is 2. The molecule has 764 valence electrons. The van der Waals surface area contributed by atoms with Crippen LogP contribution in [0.2, 0.25) is 5.02 Å². The van der Waals surface area contributed by atoms with E-state index >= 15 is 24.0 Å². The van der Waals surface area contributed by atoms with Crippen molar-refractivity contribution < 1.29 is 111 Å². The van der Waals surface area contributed by atoms with Crippen molar-refractivity contribution in [2.24, 2.45) is 35.1 Å². The molecular weight excluding hydrogens is 1820 g/mol. The van der Waals surface area contributed by atoms with Gasteiger partial charge in [0.2, 0.25) is 111 Å². The molecule has 0 saturated heterocycles. The summed E-state index contributed by atoms with van der Waals surface area (Å²) in [5.41, 5.74) is 20.3. The Morgan fingerprint density at radius 2 is 1.14 bits per heavy atom. The average molecular weight is 1960 g/mol. The number of Topliss-reactive ketones (excluding diaryl/α,β-unsaturated/α-hetero) is 8. The summed E-state index contributed by atoms with van der Waals surface area (Å²) in [7, 11) is 0. The number of aliphatic hydroxyl groups is 1. The van der Waals surface area contributed by atoms with Crippen molar-refractivity contribution >= 4 is 140 Å². The summed E-state index contributed by atoms with van der Waals surface area (Å²) >= 11 is 6.39. The van der Waals surface area contributed by atoms with Gasteiger partial charge in [0.25, 0.3) is 0 Å². The average Bonchev–Trinajstić information content (AvgIpc) is 1.62. The van der Waals surface area contributed by atoms with Crippen molar-refractivity contribution in [3.8, 4) is 5.75 Å². The number of halogens is 1. The predicted molar refractivity (Wildman–Crippen MR) is 515 cm³/mol. The number of hydrogen-bond donors (Lipinski definition) is 21. The molecule has 0 saturated carbocycles. The van der Waals surface area contributed by atoms with E-state index in [2.05, 4.69) is 85.2 Å². The molecule has 23 N–H and O–H groups in total. The molecule has 139 heavy (non-hydrogen) atoms. The number of amides is 11. The minimum Gasteiger partial charge on any atom is -0.508 e. The van der Waals surface area contributed by atoms with Gasteiger partial charge >= 0.3 is 5.97 Å². The Balaban J connectivity index is 1.59. The number of aliphatic hydroxyl groups excluding tert-OH is 1. The first-order valence-corrected chi connectivity index (χ1v) is 47.4. The molecule has 0 radical (unpaired) electrons. The van der Waals surface area contributed by atoms with Gasteiger partial charge in [0.15, 0.2) is 0 Å². The first-order chi connectivity index (χ1) is 65.3. The molecule has 5 rings (SSSR count). The molecule has 1 aliphatic rings. The first-order valence-electron chi connectivity index (χ1n) is 47.0. The second-order valence-corrected chi connectivity index (χ2v) is 37.7. The fraction of sp³-hybridized carbons (Fsp3) is 0.567. The van der Waals surface area contributed by atoms with Crippen LogP contribution >= 0.6 is 11.6 Å². The van der Waals surface area contributed by atoms with Crippen molar-refractivity contribution in [1.29, 1.82) is 0 Å². The molecule has 1 aromatic heterocycles. The number of nitrogens with one attached hydrogen (secondary N) is 16. The second kappa shape index (κ2) is 56.7. The monoisotopic (exact) mass is 1960 g/mol. The lowest BCUT2D eigenvalue weighted by atomic mass is 9.89. The van der Waals surface area contributed by atoms with Crippen LogP contribution in [0.15, 0.2) is 91.1 Å². The van der Waals surface area contributed by atoms with Crippen LogP contribution in [-0.4, -0.2) is 246 Å². The number of hydrazine groups is 2. The fourth-order valence-corrected chi connectivity index (χ4v) is 15.5. The van der Waals surface area contributed by atoms with Crippen LogP contribution in [0.25, 0.3) is 10.9 Å². The van der Waals surface area contributed by atoms with E-state index in [0.29, 0.717) is 64.7 Å². The van der Waals surface area contributed by atoms with Gasteiger partial charge in [-0.05, 0) is 192 Å². The maximum Gasteiger partial charge on any atom is 0.303 e. The molecule has 0 fully saturated rings. The van der Waals surface area contributed by atoms with Gasteiger partial charge in [0.1, 0.15) is 53.1 Å². The van der Waals surface area contributed by atoms with Gasteiger partial charge in [0, 0.05) is 67.3 Å².